The Morgan fingerprint density at radius 3 is 2.90 bits per heavy atom. The van der Waals surface area contributed by atoms with Gasteiger partial charge in [0, 0.05) is 12.0 Å². The van der Waals surface area contributed by atoms with Gasteiger partial charge in [0.2, 0.25) is 11.8 Å². The smallest absolute Gasteiger partial charge is 0.246 e. The Labute approximate surface area is 124 Å². The number of rotatable bonds is 6. The highest BCUT2D eigenvalue weighted by Gasteiger charge is 2.21. The zero-order valence-electron chi connectivity index (χ0n) is 12.8. The van der Waals surface area contributed by atoms with Crippen LogP contribution >= 0.6 is 0 Å². The van der Waals surface area contributed by atoms with E-state index in [4.69, 9.17) is 14.0 Å². The van der Waals surface area contributed by atoms with Crippen LogP contribution in [-0.2, 0) is 26.2 Å². The Balaban J connectivity index is 1.65. The number of carbonyl (C=O) groups excluding carboxylic acids is 1. The Morgan fingerprint density at radius 2 is 2.29 bits per heavy atom. The fourth-order valence-electron chi connectivity index (χ4n) is 1.92. The molecular formula is C14H23N3O4. The zero-order chi connectivity index (χ0) is 15.3. The first-order valence-electron chi connectivity index (χ1n) is 7.24. The molecule has 0 bridgehead atoms. The van der Waals surface area contributed by atoms with Crippen molar-refractivity contribution in [3.8, 4) is 0 Å². The molecule has 2 heterocycles. The van der Waals surface area contributed by atoms with Crippen molar-refractivity contribution in [2.24, 2.45) is 0 Å². The molecular weight excluding hydrogens is 274 g/mol. The summed E-state index contributed by atoms with van der Waals surface area (Å²) in [6.45, 7) is 7.47. The Bertz CT molecular complexity index is 461. The van der Waals surface area contributed by atoms with Gasteiger partial charge in [-0.3, -0.25) is 4.79 Å². The van der Waals surface area contributed by atoms with E-state index in [9.17, 15) is 4.79 Å². The van der Waals surface area contributed by atoms with Crippen molar-refractivity contribution in [1.82, 2.24) is 15.5 Å². The first-order valence-corrected chi connectivity index (χ1v) is 7.24. The predicted octanol–water partition coefficient (Wildman–Crippen LogP) is 1.18. The molecule has 1 aliphatic rings. The van der Waals surface area contributed by atoms with Gasteiger partial charge in [-0.1, -0.05) is 25.9 Å². The molecule has 7 nitrogen and oxygen atoms in total. The van der Waals surface area contributed by atoms with Crippen LogP contribution in [0.5, 0.6) is 0 Å². The van der Waals surface area contributed by atoms with Gasteiger partial charge in [-0.2, -0.15) is 4.98 Å². The summed E-state index contributed by atoms with van der Waals surface area (Å²) in [7, 11) is 0. The lowest BCUT2D eigenvalue weighted by Gasteiger charge is -2.11. The first-order chi connectivity index (χ1) is 9.95. The van der Waals surface area contributed by atoms with Crippen LogP contribution in [0.3, 0.4) is 0 Å². The molecule has 0 saturated carbocycles. The summed E-state index contributed by atoms with van der Waals surface area (Å²) < 4.78 is 15.8. The number of nitrogens with one attached hydrogen (secondary N) is 1. The largest absolute Gasteiger partial charge is 0.376 e. The molecule has 1 fully saturated rings. The summed E-state index contributed by atoms with van der Waals surface area (Å²) in [5, 5.41) is 6.58. The number of amides is 1. The minimum absolute atomic E-state index is 0.0140. The van der Waals surface area contributed by atoms with E-state index in [1.807, 2.05) is 20.8 Å². The van der Waals surface area contributed by atoms with E-state index in [1.54, 1.807) is 0 Å². The minimum atomic E-state index is -0.205. The number of ether oxygens (including phenoxy) is 2. The van der Waals surface area contributed by atoms with Gasteiger partial charge in [0.25, 0.3) is 0 Å². The number of hydrogen-bond acceptors (Lipinski definition) is 6. The van der Waals surface area contributed by atoms with Gasteiger partial charge in [-0.05, 0) is 12.8 Å². The molecule has 0 spiro atoms. The normalized spacial score (nSPS) is 18.9. The average molecular weight is 297 g/mol. The van der Waals surface area contributed by atoms with E-state index < -0.39 is 0 Å². The first kappa shape index (κ1) is 15.9. The molecule has 21 heavy (non-hydrogen) atoms. The molecule has 0 aliphatic carbocycles. The number of carbonyl (C=O) groups is 1. The molecule has 1 aromatic heterocycles. The third kappa shape index (κ3) is 5.09. The van der Waals surface area contributed by atoms with E-state index in [1.165, 1.54) is 0 Å². The summed E-state index contributed by atoms with van der Waals surface area (Å²) in [6.07, 6.45) is 2.19. The summed E-state index contributed by atoms with van der Waals surface area (Å²) in [5.74, 6) is 0.817. The molecule has 1 aromatic rings. The van der Waals surface area contributed by atoms with Crippen LogP contribution in [0.15, 0.2) is 4.52 Å². The van der Waals surface area contributed by atoms with Gasteiger partial charge >= 0.3 is 0 Å². The van der Waals surface area contributed by atoms with Gasteiger partial charge in [-0.25, -0.2) is 0 Å². The molecule has 1 amide bonds. The highest BCUT2D eigenvalue weighted by Crippen LogP contribution is 2.18. The van der Waals surface area contributed by atoms with Crippen molar-refractivity contribution in [3.05, 3.63) is 11.7 Å². The fourth-order valence-corrected chi connectivity index (χ4v) is 1.92. The van der Waals surface area contributed by atoms with Gasteiger partial charge in [0.1, 0.15) is 6.61 Å². The number of aromatic nitrogens is 2. The van der Waals surface area contributed by atoms with E-state index in [-0.39, 0.29) is 30.6 Å². The second-order valence-corrected chi connectivity index (χ2v) is 6.19. The Morgan fingerprint density at radius 1 is 1.48 bits per heavy atom. The number of nitrogens with zero attached hydrogens (tertiary/aromatic N) is 2. The second kappa shape index (κ2) is 7.00. The molecule has 1 N–H and O–H groups in total. The van der Waals surface area contributed by atoms with E-state index in [0.717, 1.165) is 19.4 Å². The summed E-state index contributed by atoms with van der Waals surface area (Å²) in [5.41, 5.74) is -0.170. The number of hydrogen-bond donors (Lipinski definition) is 1. The SMILES string of the molecule is CC(C)(C)c1noc(CNC(=O)COC[C@H]2CCCO2)n1. The second-order valence-electron chi connectivity index (χ2n) is 6.19. The molecule has 7 heteroatoms. The molecule has 2 rings (SSSR count). The zero-order valence-corrected chi connectivity index (χ0v) is 12.8. The minimum Gasteiger partial charge on any atom is -0.376 e. The highest BCUT2D eigenvalue weighted by atomic mass is 16.5. The topological polar surface area (TPSA) is 86.5 Å². The Kier molecular flexibility index (Phi) is 5.30. The maximum absolute atomic E-state index is 11.6. The van der Waals surface area contributed by atoms with Gasteiger partial charge in [0.05, 0.1) is 19.3 Å². The van der Waals surface area contributed by atoms with Crippen LogP contribution in [-0.4, -0.2) is 42.0 Å². The quantitative estimate of drug-likeness (QED) is 0.848. The van der Waals surface area contributed by atoms with Crippen LogP contribution in [0.4, 0.5) is 0 Å². The lowest BCUT2D eigenvalue weighted by molar-refractivity contribution is -0.127. The summed E-state index contributed by atoms with van der Waals surface area (Å²) in [6, 6.07) is 0. The van der Waals surface area contributed by atoms with Crippen molar-refractivity contribution in [2.75, 3.05) is 19.8 Å². The van der Waals surface area contributed by atoms with Gasteiger partial charge in [-0.15, -0.1) is 0 Å². The van der Waals surface area contributed by atoms with Gasteiger partial charge < -0.3 is 19.3 Å². The van der Waals surface area contributed by atoms with E-state index in [2.05, 4.69) is 15.5 Å². The van der Waals surface area contributed by atoms with Crippen LogP contribution in [0, 0.1) is 0 Å². The highest BCUT2D eigenvalue weighted by molar-refractivity contribution is 5.77. The van der Waals surface area contributed by atoms with Crippen LogP contribution < -0.4 is 5.32 Å². The molecule has 0 aromatic carbocycles. The van der Waals surface area contributed by atoms with Crippen LogP contribution in [0.2, 0.25) is 0 Å². The lowest BCUT2D eigenvalue weighted by atomic mass is 9.96. The maximum Gasteiger partial charge on any atom is 0.246 e. The molecule has 0 unspecified atom stereocenters. The molecule has 1 atom stereocenters. The summed E-state index contributed by atoms with van der Waals surface area (Å²) in [4.78, 5) is 15.9. The average Bonchev–Trinajstić information content (AvgIpc) is 3.06. The van der Waals surface area contributed by atoms with Gasteiger partial charge in [0.15, 0.2) is 5.82 Å². The maximum atomic E-state index is 11.6. The van der Waals surface area contributed by atoms with Crippen molar-refractivity contribution in [3.63, 3.8) is 0 Å². The van der Waals surface area contributed by atoms with E-state index in [0.29, 0.717) is 18.3 Å². The molecule has 1 aliphatic heterocycles. The van der Waals surface area contributed by atoms with Crippen molar-refractivity contribution in [1.29, 1.82) is 0 Å². The fraction of sp³-hybridized carbons (Fsp3) is 0.786. The lowest BCUT2D eigenvalue weighted by Crippen LogP contribution is -2.29. The van der Waals surface area contributed by atoms with Crippen molar-refractivity contribution in [2.45, 2.75) is 51.7 Å². The third-order valence-corrected chi connectivity index (χ3v) is 3.14. The summed E-state index contributed by atoms with van der Waals surface area (Å²) >= 11 is 0. The third-order valence-electron chi connectivity index (χ3n) is 3.14. The van der Waals surface area contributed by atoms with Crippen LogP contribution in [0.25, 0.3) is 0 Å². The van der Waals surface area contributed by atoms with Crippen LogP contribution in [0.1, 0.15) is 45.3 Å². The van der Waals surface area contributed by atoms with Crippen molar-refractivity contribution < 1.29 is 18.8 Å². The molecule has 1 saturated heterocycles. The monoisotopic (exact) mass is 297 g/mol. The predicted molar refractivity (Wildman–Crippen MR) is 74.6 cm³/mol. The molecule has 118 valence electrons. The van der Waals surface area contributed by atoms with Crippen molar-refractivity contribution >= 4 is 5.91 Å². The molecule has 0 radical (unpaired) electrons. The van der Waals surface area contributed by atoms with E-state index >= 15 is 0 Å². The standard InChI is InChI=1S/C14H23N3O4/c1-14(2,3)13-16-12(21-17-13)7-15-11(18)9-19-8-10-5-4-6-20-10/h10H,4-9H2,1-3H3,(H,15,18)/t10-/m1/s1. The Hall–Kier alpha value is -1.47.